The molecule has 0 aliphatic rings. The van der Waals surface area contributed by atoms with Gasteiger partial charge in [-0.05, 0) is 67.6 Å². The van der Waals surface area contributed by atoms with Crippen molar-refractivity contribution < 1.29 is 23.8 Å². The Morgan fingerprint density at radius 3 is 2.29 bits per heavy atom. The van der Waals surface area contributed by atoms with E-state index in [1.807, 2.05) is 0 Å². The van der Waals surface area contributed by atoms with Crippen molar-refractivity contribution in [3.05, 3.63) is 83.9 Å². The van der Waals surface area contributed by atoms with E-state index in [0.29, 0.717) is 34.1 Å². The van der Waals surface area contributed by atoms with Crippen molar-refractivity contribution in [1.29, 1.82) is 5.26 Å². The lowest BCUT2D eigenvalue weighted by Gasteiger charge is -2.12. The van der Waals surface area contributed by atoms with Gasteiger partial charge in [-0.25, -0.2) is 4.79 Å². The molecule has 3 rings (SSSR count). The lowest BCUT2D eigenvalue weighted by atomic mass is 10.2. The number of para-hydroxylation sites is 2. The number of nitrogens with zero attached hydrogens (tertiary/aromatic N) is 1. The molecule has 1 amide bonds. The van der Waals surface area contributed by atoms with Crippen molar-refractivity contribution in [2.75, 3.05) is 18.5 Å². The Morgan fingerprint density at radius 1 is 0.935 bits per heavy atom. The Hall–Kier alpha value is -4.31. The van der Waals surface area contributed by atoms with Gasteiger partial charge < -0.3 is 19.5 Å². The Bertz CT molecular complexity index is 1090. The number of carbonyl (C=O) groups excluding carboxylic acids is 2. The highest BCUT2D eigenvalue weighted by Gasteiger charge is 2.11. The van der Waals surface area contributed by atoms with E-state index in [1.54, 1.807) is 79.7 Å². The fourth-order valence-electron chi connectivity index (χ4n) is 2.63. The molecule has 1 N–H and O–H groups in total. The highest BCUT2D eigenvalue weighted by Crippen LogP contribution is 2.30. The minimum absolute atomic E-state index is 0.195. The molecule has 7 heteroatoms. The van der Waals surface area contributed by atoms with Crippen LogP contribution in [0.5, 0.6) is 17.2 Å². The van der Waals surface area contributed by atoms with E-state index in [4.69, 9.17) is 19.5 Å². The van der Waals surface area contributed by atoms with Crippen LogP contribution in [0.4, 0.5) is 5.69 Å². The SMILES string of the molecule is CCOC(=O)COc1ccc(C(=O)Nc2ccccc2Oc2ccc(C#N)cc2)cc1. The van der Waals surface area contributed by atoms with Crippen LogP contribution in [0.15, 0.2) is 72.8 Å². The molecule has 0 fully saturated rings. The van der Waals surface area contributed by atoms with Gasteiger partial charge in [0.25, 0.3) is 5.91 Å². The van der Waals surface area contributed by atoms with E-state index >= 15 is 0 Å². The van der Waals surface area contributed by atoms with Gasteiger partial charge in [-0.15, -0.1) is 0 Å². The molecule has 0 radical (unpaired) electrons. The van der Waals surface area contributed by atoms with Crippen molar-refractivity contribution in [1.82, 2.24) is 0 Å². The van der Waals surface area contributed by atoms with E-state index in [0.717, 1.165) is 0 Å². The molecule has 0 aromatic heterocycles. The minimum atomic E-state index is -0.455. The van der Waals surface area contributed by atoms with Gasteiger partial charge in [0.15, 0.2) is 12.4 Å². The van der Waals surface area contributed by atoms with Gasteiger partial charge in [-0.3, -0.25) is 4.79 Å². The molecule has 0 aliphatic heterocycles. The average molecular weight is 416 g/mol. The number of amides is 1. The van der Waals surface area contributed by atoms with Crippen molar-refractivity contribution in [2.45, 2.75) is 6.92 Å². The first kappa shape index (κ1) is 21.4. The maximum absolute atomic E-state index is 12.6. The number of nitriles is 1. The number of ether oxygens (including phenoxy) is 3. The van der Waals surface area contributed by atoms with Crippen molar-refractivity contribution in [3.63, 3.8) is 0 Å². The van der Waals surface area contributed by atoms with Gasteiger partial charge in [-0.1, -0.05) is 12.1 Å². The Labute approximate surface area is 179 Å². The summed E-state index contributed by atoms with van der Waals surface area (Å²) in [6, 6.07) is 22.2. The maximum Gasteiger partial charge on any atom is 0.344 e. The maximum atomic E-state index is 12.6. The second-order valence-corrected chi connectivity index (χ2v) is 6.31. The average Bonchev–Trinajstić information content (AvgIpc) is 2.80. The molecule has 7 nitrogen and oxygen atoms in total. The van der Waals surface area contributed by atoms with Crippen LogP contribution in [0.1, 0.15) is 22.8 Å². The molecule has 3 aromatic rings. The predicted molar refractivity (Wildman–Crippen MR) is 114 cm³/mol. The van der Waals surface area contributed by atoms with Crippen LogP contribution in [0.3, 0.4) is 0 Å². The lowest BCUT2D eigenvalue weighted by Crippen LogP contribution is -2.15. The molecule has 0 saturated heterocycles. The predicted octanol–water partition coefficient (Wildman–Crippen LogP) is 4.54. The third kappa shape index (κ3) is 6.08. The molecule has 156 valence electrons. The van der Waals surface area contributed by atoms with Crippen molar-refractivity contribution in [2.24, 2.45) is 0 Å². The minimum Gasteiger partial charge on any atom is -0.482 e. The summed E-state index contributed by atoms with van der Waals surface area (Å²) >= 11 is 0. The number of nitrogens with one attached hydrogen (secondary N) is 1. The summed E-state index contributed by atoms with van der Waals surface area (Å²) in [5.41, 5.74) is 1.44. The fourth-order valence-corrected chi connectivity index (χ4v) is 2.63. The molecule has 0 spiro atoms. The van der Waals surface area contributed by atoms with Gasteiger partial charge in [0, 0.05) is 5.56 Å². The first-order valence-corrected chi connectivity index (χ1v) is 9.56. The summed E-state index contributed by atoms with van der Waals surface area (Å²) in [5.74, 6) is 0.684. The molecule has 0 heterocycles. The highest BCUT2D eigenvalue weighted by molar-refractivity contribution is 6.05. The van der Waals surface area contributed by atoms with Crippen LogP contribution in [0.2, 0.25) is 0 Å². The monoisotopic (exact) mass is 416 g/mol. The van der Waals surface area contributed by atoms with Crippen LogP contribution in [0, 0.1) is 11.3 Å². The van der Waals surface area contributed by atoms with Crippen LogP contribution in [-0.2, 0) is 9.53 Å². The van der Waals surface area contributed by atoms with E-state index < -0.39 is 5.97 Å². The normalized spacial score (nSPS) is 9.94. The smallest absolute Gasteiger partial charge is 0.344 e. The van der Waals surface area contributed by atoms with Crippen LogP contribution >= 0.6 is 0 Å². The molecular formula is C24H20N2O5. The van der Waals surface area contributed by atoms with Crippen molar-refractivity contribution in [3.8, 4) is 23.3 Å². The third-order valence-electron chi connectivity index (χ3n) is 4.13. The largest absolute Gasteiger partial charge is 0.482 e. The molecule has 0 bridgehead atoms. The quantitative estimate of drug-likeness (QED) is 0.541. The number of hydrogen-bond acceptors (Lipinski definition) is 6. The number of anilines is 1. The molecule has 31 heavy (non-hydrogen) atoms. The molecule has 0 saturated carbocycles. The number of hydrogen-bond donors (Lipinski definition) is 1. The first-order valence-electron chi connectivity index (χ1n) is 9.56. The zero-order valence-electron chi connectivity index (χ0n) is 16.8. The van der Waals surface area contributed by atoms with Crippen LogP contribution in [0.25, 0.3) is 0 Å². The molecule has 0 atom stereocenters. The summed E-state index contributed by atoms with van der Waals surface area (Å²) < 4.78 is 16.0. The van der Waals surface area contributed by atoms with Crippen LogP contribution in [-0.4, -0.2) is 25.1 Å². The highest BCUT2D eigenvalue weighted by atomic mass is 16.6. The number of benzene rings is 3. The van der Waals surface area contributed by atoms with E-state index in [9.17, 15) is 9.59 Å². The molecular weight excluding hydrogens is 396 g/mol. The third-order valence-corrected chi connectivity index (χ3v) is 4.13. The first-order chi connectivity index (χ1) is 15.1. The molecule has 0 unspecified atom stereocenters. The number of carbonyl (C=O) groups is 2. The number of rotatable bonds is 8. The van der Waals surface area contributed by atoms with E-state index in [1.165, 1.54) is 0 Å². The summed E-state index contributed by atoms with van der Waals surface area (Å²) in [6.45, 7) is 1.82. The van der Waals surface area contributed by atoms with Gasteiger partial charge in [0.2, 0.25) is 0 Å². The summed E-state index contributed by atoms with van der Waals surface area (Å²) in [6.07, 6.45) is 0. The van der Waals surface area contributed by atoms with E-state index in [2.05, 4.69) is 11.4 Å². The zero-order chi connectivity index (χ0) is 22.1. The zero-order valence-corrected chi connectivity index (χ0v) is 16.8. The standard InChI is InChI=1S/C24H20N2O5/c1-2-29-23(27)16-30-19-13-9-18(10-14-19)24(28)26-21-5-3-4-6-22(21)31-20-11-7-17(15-25)8-12-20/h3-14H,2,16H2,1H3,(H,26,28). The summed E-state index contributed by atoms with van der Waals surface area (Å²) in [7, 11) is 0. The van der Waals surface area contributed by atoms with Crippen molar-refractivity contribution >= 4 is 17.6 Å². The van der Waals surface area contributed by atoms with Gasteiger partial charge in [0.1, 0.15) is 11.5 Å². The number of esters is 1. The summed E-state index contributed by atoms with van der Waals surface area (Å²) in [5, 5.41) is 11.7. The Balaban J connectivity index is 1.65. The van der Waals surface area contributed by atoms with Gasteiger partial charge in [0.05, 0.1) is 23.9 Å². The Morgan fingerprint density at radius 2 is 1.61 bits per heavy atom. The van der Waals surface area contributed by atoms with Crippen LogP contribution < -0.4 is 14.8 Å². The topological polar surface area (TPSA) is 97.7 Å². The second-order valence-electron chi connectivity index (χ2n) is 6.31. The van der Waals surface area contributed by atoms with Gasteiger partial charge >= 0.3 is 5.97 Å². The molecule has 3 aromatic carbocycles. The Kier molecular flexibility index (Phi) is 7.22. The summed E-state index contributed by atoms with van der Waals surface area (Å²) in [4.78, 5) is 24.0. The molecule has 0 aliphatic carbocycles. The van der Waals surface area contributed by atoms with Gasteiger partial charge in [-0.2, -0.15) is 5.26 Å². The van der Waals surface area contributed by atoms with E-state index in [-0.39, 0.29) is 19.1 Å². The lowest BCUT2D eigenvalue weighted by molar-refractivity contribution is -0.145. The second kappa shape index (κ2) is 10.5. The fraction of sp³-hybridized carbons (Fsp3) is 0.125.